The van der Waals surface area contributed by atoms with Crippen molar-refractivity contribution in [2.24, 2.45) is 0 Å². The van der Waals surface area contributed by atoms with E-state index in [4.69, 9.17) is 4.42 Å². The molecule has 1 spiro atoms. The number of hydrogen-bond donors (Lipinski definition) is 0. The van der Waals surface area contributed by atoms with Crippen molar-refractivity contribution in [1.29, 1.82) is 0 Å². The molecule has 2 aliphatic carbocycles. The molecule has 0 aliphatic heterocycles. The van der Waals surface area contributed by atoms with Crippen LogP contribution in [0, 0.1) is 0 Å². The van der Waals surface area contributed by atoms with E-state index in [0.717, 1.165) is 27.6 Å². The monoisotopic (exact) mass is 671 g/mol. The van der Waals surface area contributed by atoms with Crippen LogP contribution in [0.1, 0.15) is 43.2 Å². The van der Waals surface area contributed by atoms with Crippen LogP contribution in [-0.4, -0.2) is 4.57 Å². The van der Waals surface area contributed by atoms with Gasteiger partial charge in [0.15, 0.2) is 0 Å². The first-order valence-electron chi connectivity index (χ1n) is 18.3. The smallest absolute Gasteiger partial charge is 0.135 e. The molecular weight excluding hydrogens is 639 g/mol. The summed E-state index contributed by atoms with van der Waals surface area (Å²) in [6, 6.07) is 52.2. The Morgan fingerprint density at radius 3 is 2.12 bits per heavy atom. The molecule has 2 aliphatic rings. The summed E-state index contributed by atoms with van der Waals surface area (Å²) in [5.41, 5.74) is 14.1. The predicted molar refractivity (Wildman–Crippen MR) is 216 cm³/mol. The lowest BCUT2D eigenvalue weighted by Gasteiger charge is -2.36. The average Bonchev–Trinajstić information content (AvgIpc) is 3.91. The van der Waals surface area contributed by atoms with Gasteiger partial charge in [0, 0.05) is 52.8 Å². The molecule has 2 nitrogen and oxygen atoms in total. The van der Waals surface area contributed by atoms with E-state index in [2.05, 4.69) is 132 Å². The van der Waals surface area contributed by atoms with Crippen LogP contribution in [0.25, 0.3) is 91.9 Å². The van der Waals surface area contributed by atoms with Crippen molar-refractivity contribution in [3.8, 4) is 27.9 Å². The summed E-state index contributed by atoms with van der Waals surface area (Å²) in [4.78, 5) is 0. The molecule has 0 atom stereocenters. The summed E-state index contributed by atoms with van der Waals surface area (Å²) in [5.74, 6) is 0. The summed E-state index contributed by atoms with van der Waals surface area (Å²) in [7, 11) is 0. The maximum Gasteiger partial charge on any atom is 0.135 e. The van der Waals surface area contributed by atoms with Crippen molar-refractivity contribution >= 4 is 75.3 Å². The quantitative estimate of drug-likeness (QED) is 0.179. The van der Waals surface area contributed by atoms with Crippen molar-refractivity contribution in [3.63, 3.8) is 0 Å². The van der Waals surface area contributed by atoms with Crippen LogP contribution in [0.3, 0.4) is 0 Å². The van der Waals surface area contributed by atoms with Gasteiger partial charge in [-0.05, 0) is 101 Å². The molecule has 3 heteroatoms. The lowest BCUT2D eigenvalue weighted by atomic mass is 9.68. The lowest BCUT2D eigenvalue weighted by Crippen LogP contribution is -2.27. The summed E-state index contributed by atoms with van der Waals surface area (Å²) in [6.07, 6.45) is 6.52. The van der Waals surface area contributed by atoms with Crippen LogP contribution in [-0.2, 0) is 5.41 Å². The molecule has 0 saturated heterocycles. The number of thiophene rings is 1. The first-order chi connectivity index (χ1) is 25.2. The molecule has 0 unspecified atom stereocenters. The topological polar surface area (TPSA) is 18.1 Å². The fraction of sp³-hybridized carbons (Fsp3) is 0.125. The third kappa shape index (κ3) is 3.82. The van der Waals surface area contributed by atoms with Gasteiger partial charge in [-0.1, -0.05) is 104 Å². The molecule has 51 heavy (non-hydrogen) atoms. The Morgan fingerprint density at radius 1 is 0.471 bits per heavy atom. The molecule has 0 amide bonds. The van der Waals surface area contributed by atoms with E-state index < -0.39 is 0 Å². The highest BCUT2D eigenvalue weighted by molar-refractivity contribution is 7.25. The average molecular weight is 672 g/mol. The zero-order valence-corrected chi connectivity index (χ0v) is 28.9. The van der Waals surface area contributed by atoms with Crippen LogP contribution >= 0.6 is 11.3 Å². The Hall–Kier alpha value is -5.64. The van der Waals surface area contributed by atoms with Gasteiger partial charge in [-0.25, -0.2) is 0 Å². The minimum Gasteiger partial charge on any atom is -0.456 e. The van der Waals surface area contributed by atoms with Gasteiger partial charge in [0.1, 0.15) is 11.2 Å². The van der Waals surface area contributed by atoms with Gasteiger partial charge >= 0.3 is 0 Å². The molecule has 10 aromatic rings. The first-order valence-corrected chi connectivity index (χ1v) is 19.1. The minimum absolute atomic E-state index is 0.176. The Bertz CT molecular complexity index is 3070. The van der Waals surface area contributed by atoms with Gasteiger partial charge in [0.25, 0.3) is 0 Å². The first kappa shape index (κ1) is 28.1. The molecule has 12 rings (SSSR count). The number of fused-ring (bicyclic) bond motifs is 14. The maximum atomic E-state index is 6.19. The largest absolute Gasteiger partial charge is 0.456 e. The predicted octanol–water partition coefficient (Wildman–Crippen LogP) is 13.9. The molecule has 1 fully saturated rings. The number of furan rings is 1. The van der Waals surface area contributed by atoms with E-state index in [1.165, 1.54) is 96.3 Å². The number of benzene rings is 7. The highest BCUT2D eigenvalue weighted by Crippen LogP contribution is 2.57. The van der Waals surface area contributed by atoms with Crippen LogP contribution in [0.5, 0.6) is 0 Å². The third-order valence-corrected chi connectivity index (χ3v) is 13.3. The zero-order valence-electron chi connectivity index (χ0n) is 28.1. The highest BCUT2D eigenvalue weighted by Gasteiger charge is 2.43. The van der Waals surface area contributed by atoms with Gasteiger partial charge < -0.3 is 8.98 Å². The van der Waals surface area contributed by atoms with Crippen molar-refractivity contribution in [1.82, 2.24) is 4.57 Å². The summed E-state index contributed by atoms with van der Waals surface area (Å²) >= 11 is 1.94. The van der Waals surface area contributed by atoms with Gasteiger partial charge in [0.2, 0.25) is 0 Å². The highest BCUT2D eigenvalue weighted by atomic mass is 32.1. The standard InChI is InChI=1S/C48H33NOS/c1-8-22-48(23-9-1)40-13-5-2-10-32(40)37-28-47-39(27-41(37)48)36-20-17-30(25-46(36)51-47)29-16-19-34-33-11-3-6-14-42(33)49(43(34)24-29)31-18-21-45-38(26-31)35-12-4-7-15-44(35)50-45/h2-7,10-21,24-28H,1,8-9,22-23H2. The zero-order chi connectivity index (χ0) is 33.3. The molecule has 0 N–H and O–H groups in total. The number of rotatable bonds is 2. The minimum atomic E-state index is 0.176. The van der Waals surface area contributed by atoms with Crippen molar-refractivity contribution in [2.75, 3.05) is 0 Å². The molecule has 242 valence electrons. The van der Waals surface area contributed by atoms with Gasteiger partial charge in [-0.3, -0.25) is 0 Å². The molecule has 3 aromatic heterocycles. The number of para-hydroxylation sites is 2. The van der Waals surface area contributed by atoms with E-state index in [1.54, 1.807) is 11.1 Å². The van der Waals surface area contributed by atoms with Gasteiger partial charge in [0.05, 0.1) is 11.0 Å². The lowest BCUT2D eigenvalue weighted by molar-refractivity contribution is 0.353. The van der Waals surface area contributed by atoms with Crippen molar-refractivity contribution in [2.45, 2.75) is 37.5 Å². The van der Waals surface area contributed by atoms with Crippen LogP contribution in [0.2, 0.25) is 0 Å². The van der Waals surface area contributed by atoms with Gasteiger partial charge in [-0.15, -0.1) is 11.3 Å². The second kappa shape index (κ2) is 10.2. The summed E-state index contributed by atoms with van der Waals surface area (Å²) in [6.45, 7) is 0. The Morgan fingerprint density at radius 2 is 1.20 bits per heavy atom. The second-order valence-corrected chi connectivity index (χ2v) is 15.8. The van der Waals surface area contributed by atoms with Crippen LogP contribution in [0.15, 0.2) is 144 Å². The fourth-order valence-corrected chi connectivity index (χ4v) is 11.0. The van der Waals surface area contributed by atoms with Crippen LogP contribution in [0.4, 0.5) is 0 Å². The van der Waals surface area contributed by atoms with Crippen molar-refractivity contribution < 1.29 is 4.42 Å². The number of hydrogen-bond acceptors (Lipinski definition) is 2. The Balaban J connectivity index is 1.03. The molecule has 1 saturated carbocycles. The Kier molecular flexibility index (Phi) is 5.63. The maximum absolute atomic E-state index is 6.19. The second-order valence-electron chi connectivity index (χ2n) is 14.8. The van der Waals surface area contributed by atoms with Crippen LogP contribution < -0.4 is 0 Å². The van der Waals surface area contributed by atoms with Gasteiger partial charge in [-0.2, -0.15) is 0 Å². The normalized spacial score (nSPS) is 15.2. The molecule has 7 aromatic carbocycles. The van der Waals surface area contributed by atoms with E-state index in [-0.39, 0.29) is 5.41 Å². The molecule has 3 heterocycles. The Labute approximate surface area is 299 Å². The summed E-state index contributed by atoms with van der Waals surface area (Å²) in [5, 5.41) is 7.61. The fourth-order valence-electron chi connectivity index (χ4n) is 9.88. The van der Waals surface area contributed by atoms with E-state index in [0.29, 0.717) is 0 Å². The summed E-state index contributed by atoms with van der Waals surface area (Å²) < 4.78 is 11.4. The third-order valence-electron chi connectivity index (χ3n) is 12.2. The molecule has 0 radical (unpaired) electrons. The van der Waals surface area contributed by atoms with E-state index in [1.807, 2.05) is 23.5 Å². The van der Waals surface area contributed by atoms with E-state index in [9.17, 15) is 0 Å². The molecule has 0 bridgehead atoms. The van der Waals surface area contributed by atoms with Crippen molar-refractivity contribution in [3.05, 3.63) is 151 Å². The molecular formula is C48H33NOS. The number of aromatic nitrogens is 1. The van der Waals surface area contributed by atoms with E-state index >= 15 is 0 Å². The SMILES string of the molecule is c1ccc2c(c1)-c1cc3sc4cc(-c5ccc6c7ccccc7n(-c7ccc8oc9ccccc9c8c7)c6c5)ccc4c3cc1C21CCCCC1. The number of nitrogens with zero attached hydrogens (tertiary/aromatic N) is 1.